The maximum absolute atomic E-state index is 13.3. The molecule has 0 bridgehead atoms. The number of hydrogen-bond donors (Lipinski definition) is 3. The lowest BCUT2D eigenvalue weighted by molar-refractivity contribution is -0.124. The first kappa shape index (κ1) is 30.1. The Labute approximate surface area is 226 Å². The summed E-state index contributed by atoms with van der Waals surface area (Å²) in [6.07, 6.45) is 0.664. The molecule has 3 N–H and O–H groups in total. The van der Waals surface area contributed by atoms with Crippen LogP contribution in [-0.4, -0.2) is 36.2 Å². The van der Waals surface area contributed by atoms with Crippen molar-refractivity contribution in [1.82, 2.24) is 10.6 Å². The summed E-state index contributed by atoms with van der Waals surface area (Å²) in [5.41, 5.74) is 1.11. The number of nitriles is 1. The average molecular weight is 533 g/mol. The molecule has 36 heavy (non-hydrogen) atoms. The zero-order chi connectivity index (χ0) is 27.1. The zero-order valence-corrected chi connectivity index (χ0v) is 23.6. The van der Waals surface area contributed by atoms with Gasteiger partial charge >= 0.3 is 0 Å². The van der Waals surface area contributed by atoms with Gasteiger partial charge in [0.1, 0.15) is 5.41 Å². The number of rotatable bonds is 7. The fourth-order valence-electron chi connectivity index (χ4n) is 4.45. The second kappa shape index (κ2) is 12.9. The van der Waals surface area contributed by atoms with E-state index in [1.807, 2.05) is 38.1 Å². The smallest absolute Gasteiger partial charge is 0.238 e. The van der Waals surface area contributed by atoms with E-state index in [1.165, 1.54) is 0 Å². The molecule has 1 aliphatic heterocycles. The summed E-state index contributed by atoms with van der Waals surface area (Å²) in [5, 5.41) is 27.4. The molecule has 1 saturated heterocycles. The minimum atomic E-state index is -0.982. The number of nitrogens with one attached hydrogen (secondary N) is 2. The van der Waals surface area contributed by atoms with Gasteiger partial charge < -0.3 is 15.7 Å². The van der Waals surface area contributed by atoms with Crippen molar-refractivity contribution in [2.45, 2.75) is 71.4 Å². The highest BCUT2D eigenvalue weighted by Gasteiger charge is 2.53. The molecule has 1 amide bonds. The van der Waals surface area contributed by atoms with Crippen molar-refractivity contribution in [2.24, 2.45) is 11.3 Å². The van der Waals surface area contributed by atoms with Crippen LogP contribution in [-0.2, 0) is 10.2 Å². The molecule has 7 heteroatoms. The zero-order valence-electron chi connectivity index (χ0n) is 22.1. The van der Waals surface area contributed by atoms with Crippen molar-refractivity contribution in [3.63, 3.8) is 0 Å². The molecule has 0 radical (unpaired) electrons. The number of aliphatic hydroxyl groups excluding tert-OH is 1. The van der Waals surface area contributed by atoms with Crippen LogP contribution < -0.4 is 10.6 Å². The highest BCUT2D eigenvalue weighted by molar-refractivity contribution is 6.30. The number of amides is 1. The second-order valence-corrected chi connectivity index (χ2v) is 12.4. The SMILES string of the molecule is CC(C)(C)C.CC(C)C[C@H](CO)NC(=O)C1NCC(C#N)(c2ccc(Cl)cc2)[C@@H]1c1cccc(Cl)c1. The van der Waals surface area contributed by atoms with Gasteiger partial charge in [0.25, 0.3) is 0 Å². The molecule has 0 saturated carbocycles. The molecule has 2 aromatic carbocycles. The Morgan fingerprint density at radius 1 is 1.17 bits per heavy atom. The van der Waals surface area contributed by atoms with Crippen molar-refractivity contribution in [3.8, 4) is 6.07 Å². The van der Waals surface area contributed by atoms with Crippen LogP contribution >= 0.6 is 23.2 Å². The van der Waals surface area contributed by atoms with Crippen LogP contribution in [0.25, 0.3) is 0 Å². The lowest BCUT2D eigenvalue weighted by atomic mass is 9.68. The van der Waals surface area contributed by atoms with Gasteiger partial charge in [-0.05, 0) is 53.1 Å². The van der Waals surface area contributed by atoms with Crippen LogP contribution in [0.3, 0.4) is 0 Å². The standard InChI is InChI=1S/C24H27Cl2N3O2.C5H12/c1-15(2)10-20(12-30)29-23(31)22-21(16-4-3-5-19(26)11-16)24(13-27,14-28-22)17-6-8-18(25)9-7-17;1-5(2,3)4/h3-9,11,15,20-22,28,30H,10,12,14H2,1-2H3,(H,29,31);1-4H3/t20-,21-,22?,24?;/m1./s1. The first-order chi connectivity index (χ1) is 16.8. The summed E-state index contributed by atoms with van der Waals surface area (Å²) >= 11 is 12.3. The van der Waals surface area contributed by atoms with Gasteiger partial charge in [-0.1, -0.05) is 89.0 Å². The Balaban J connectivity index is 0.000000830. The van der Waals surface area contributed by atoms with E-state index in [0.717, 1.165) is 11.1 Å². The minimum absolute atomic E-state index is 0.140. The number of carbonyl (C=O) groups is 1. The minimum Gasteiger partial charge on any atom is -0.394 e. The van der Waals surface area contributed by atoms with Crippen molar-refractivity contribution in [2.75, 3.05) is 13.2 Å². The van der Waals surface area contributed by atoms with E-state index in [4.69, 9.17) is 23.2 Å². The number of carbonyl (C=O) groups excluding carboxylic acids is 1. The Kier molecular flexibility index (Phi) is 10.8. The molecular formula is C29H39Cl2N3O2. The van der Waals surface area contributed by atoms with Gasteiger partial charge in [0, 0.05) is 22.5 Å². The maximum Gasteiger partial charge on any atom is 0.238 e. The Morgan fingerprint density at radius 3 is 2.28 bits per heavy atom. The van der Waals surface area contributed by atoms with Gasteiger partial charge in [-0.3, -0.25) is 4.79 Å². The van der Waals surface area contributed by atoms with Crippen LogP contribution in [0.15, 0.2) is 48.5 Å². The number of hydrogen-bond acceptors (Lipinski definition) is 4. The molecule has 0 aliphatic carbocycles. The third-order valence-electron chi connectivity index (χ3n) is 5.84. The average Bonchev–Trinajstić information content (AvgIpc) is 3.18. The van der Waals surface area contributed by atoms with Gasteiger partial charge in [0.15, 0.2) is 0 Å². The van der Waals surface area contributed by atoms with Crippen molar-refractivity contribution >= 4 is 29.1 Å². The summed E-state index contributed by atoms with van der Waals surface area (Å²) in [6, 6.07) is 15.9. The highest BCUT2D eigenvalue weighted by atomic mass is 35.5. The molecule has 0 spiro atoms. The summed E-state index contributed by atoms with van der Waals surface area (Å²) in [6.45, 7) is 13.0. The van der Waals surface area contributed by atoms with Crippen molar-refractivity contribution in [3.05, 3.63) is 69.7 Å². The molecule has 3 rings (SSSR count). The molecule has 2 unspecified atom stereocenters. The fraction of sp³-hybridized carbons (Fsp3) is 0.517. The van der Waals surface area contributed by atoms with Gasteiger partial charge in [-0.25, -0.2) is 0 Å². The van der Waals surface area contributed by atoms with Gasteiger partial charge in [0.05, 0.1) is 24.8 Å². The second-order valence-electron chi connectivity index (χ2n) is 11.5. The van der Waals surface area contributed by atoms with Crippen LogP contribution in [0.1, 0.15) is 65.0 Å². The first-order valence-electron chi connectivity index (χ1n) is 12.4. The van der Waals surface area contributed by atoms with Crippen LogP contribution in [0.2, 0.25) is 10.0 Å². The number of benzene rings is 2. The van der Waals surface area contributed by atoms with Crippen LogP contribution in [0.4, 0.5) is 0 Å². The van der Waals surface area contributed by atoms with Gasteiger partial charge in [-0.2, -0.15) is 5.26 Å². The molecule has 196 valence electrons. The van der Waals surface area contributed by atoms with E-state index in [0.29, 0.717) is 34.3 Å². The van der Waals surface area contributed by atoms with E-state index < -0.39 is 17.4 Å². The molecule has 2 aromatic rings. The van der Waals surface area contributed by atoms with E-state index >= 15 is 0 Å². The third-order valence-corrected chi connectivity index (χ3v) is 6.32. The monoisotopic (exact) mass is 531 g/mol. The largest absolute Gasteiger partial charge is 0.394 e. The Morgan fingerprint density at radius 2 is 1.78 bits per heavy atom. The van der Waals surface area contributed by atoms with Gasteiger partial charge in [0.2, 0.25) is 5.91 Å². The summed E-state index contributed by atoms with van der Waals surface area (Å²) in [5.74, 6) is -0.392. The number of nitrogens with zero attached hydrogens (tertiary/aromatic N) is 1. The molecule has 1 aliphatic rings. The Hall–Kier alpha value is -2.10. The molecule has 1 fully saturated rings. The third kappa shape index (κ3) is 8.21. The first-order valence-corrected chi connectivity index (χ1v) is 13.1. The summed E-state index contributed by atoms with van der Waals surface area (Å²) < 4.78 is 0. The van der Waals surface area contributed by atoms with E-state index in [2.05, 4.69) is 44.4 Å². The molecular weight excluding hydrogens is 493 g/mol. The van der Waals surface area contributed by atoms with Crippen LogP contribution in [0, 0.1) is 22.7 Å². The lowest BCUT2D eigenvalue weighted by Gasteiger charge is -2.32. The fourth-order valence-corrected chi connectivity index (χ4v) is 4.77. The van der Waals surface area contributed by atoms with Crippen molar-refractivity contribution in [1.29, 1.82) is 5.26 Å². The normalized spacial score (nSPS) is 22.4. The molecule has 4 atom stereocenters. The van der Waals surface area contributed by atoms with Gasteiger partial charge in [-0.15, -0.1) is 0 Å². The maximum atomic E-state index is 13.3. The number of halogens is 2. The topological polar surface area (TPSA) is 85.2 Å². The van der Waals surface area contributed by atoms with E-state index in [9.17, 15) is 15.2 Å². The van der Waals surface area contributed by atoms with E-state index in [1.54, 1.807) is 24.3 Å². The van der Waals surface area contributed by atoms with Crippen LogP contribution in [0.5, 0.6) is 0 Å². The lowest BCUT2D eigenvalue weighted by Crippen LogP contribution is -2.49. The predicted molar refractivity (Wildman–Crippen MR) is 148 cm³/mol. The van der Waals surface area contributed by atoms with Crippen molar-refractivity contribution < 1.29 is 9.90 Å². The van der Waals surface area contributed by atoms with E-state index in [-0.39, 0.29) is 18.6 Å². The quantitative estimate of drug-likeness (QED) is 0.403. The number of aliphatic hydroxyl groups is 1. The highest BCUT2D eigenvalue weighted by Crippen LogP contribution is 2.45. The summed E-state index contributed by atoms with van der Waals surface area (Å²) in [7, 11) is 0. The molecule has 1 heterocycles. The molecule has 5 nitrogen and oxygen atoms in total. The molecule has 0 aromatic heterocycles. The summed E-state index contributed by atoms with van der Waals surface area (Å²) in [4.78, 5) is 13.3. The predicted octanol–water partition coefficient (Wildman–Crippen LogP) is 6.09. The Bertz CT molecular complexity index is 1040.